The molecular formula is C19H19N5O2. The number of hydrogen-bond donors (Lipinski definition) is 1. The number of non-ortho nitro benzene ring substituents is 1. The number of nitrogens with one attached hydrogen (secondary N) is 1. The number of nitro groups is 1. The molecule has 0 radical (unpaired) electrons. The quantitative estimate of drug-likeness (QED) is 0.572. The summed E-state index contributed by atoms with van der Waals surface area (Å²) in [4.78, 5) is 15.1. The molecule has 4 rings (SSSR count). The number of anilines is 1. The van der Waals surface area contributed by atoms with Crippen molar-refractivity contribution >= 4 is 11.5 Å². The molecular weight excluding hydrogens is 330 g/mol. The van der Waals surface area contributed by atoms with Crippen LogP contribution in [0.4, 0.5) is 11.5 Å². The number of fused-ring (bicyclic) bond motifs is 1. The van der Waals surface area contributed by atoms with Crippen molar-refractivity contribution in [3.05, 3.63) is 64.0 Å². The summed E-state index contributed by atoms with van der Waals surface area (Å²) in [7, 11) is 0. The van der Waals surface area contributed by atoms with Crippen molar-refractivity contribution in [1.82, 2.24) is 14.8 Å². The maximum atomic E-state index is 11.2. The van der Waals surface area contributed by atoms with Crippen LogP contribution in [0.1, 0.15) is 24.0 Å². The molecule has 7 nitrogen and oxygen atoms in total. The molecule has 0 fully saturated rings. The summed E-state index contributed by atoms with van der Waals surface area (Å²) in [5.74, 6) is 0.921. The van der Waals surface area contributed by atoms with Gasteiger partial charge in [-0.1, -0.05) is 6.07 Å². The van der Waals surface area contributed by atoms with E-state index >= 15 is 0 Å². The highest BCUT2D eigenvalue weighted by Crippen LogP contribution is 2.35. The first-order valence-electron chi connectivity index (χ1n) is 8.67. The van der Waals surface area contributed by atoms with Crippen molar-refractivity contribution in [2.24, 2.45) is 0 Å². The Kier molecular flexibility index (Phi) is 4.12. The number of benzene rings is 1. The van der Waals surface area contributed by atoms with Gasteiger partial charge in [0.05, 0.1) is 16.3 Å². The van der Waals surface area contributed by atoms with E-state index in [-0.39, 0.29) is 10.6 Å². The summed E-state index contributed by atoms with van der Waals surface area (Å²) in [5, 5.41) is 19.5. The minimum Gasteiger partial charge on any atom is -0.370 e. The molecule has 0 bridgehead atoms. The molecule has 2 aromatic heterocycles. The van der Waals surface area contributed by atoms with Crippen LogP contribution in [-0.2, 0) is 6.42 Å². The minimum absolute atomic E-state index is 0.0615. The Balaban J connectivity index is 1.94. The SMILES string of the molecule is Cc1ccc([N+](=O)[O-])cc1-n1nc(-c2cccnc2)c2c1NCCCC2. The highest BCUT2D eigenvalue weighted by Gasteiger charge is 2.23. The summed E-state index contributed by atoms with van der Waals surface area (Å²) in [5.41, 5.74) is 4.69. The smallest absolute Gasteiger partial charge is 0.271 e. The number of pyridine rings is 1. The third kappa shape index (κ3) is 2.81. The van der Waals surface area contributed by atoms with Crippen LogP contribution >= 0.6 is 0 Å². The summed E-state index contributed by atoms with van der Waals surface area (Å²) in [6.07, 6.45) is 6.61. The molecule has 1 aromatic carbocycles. The van der Waals surface area contributed by atoms with Gasteiger partial charge in [-0.3, -0.25) is 15.1 Å². The lowest BCUT2D eigenvalue weighted by molar-refractivity contribution is -0.384. The molecule has 0 saturated heterocycles. The van der Waals surface area contributed by atoms with E-state index in [1.165, 1.54) is 6.07 Å². The normalized spacial score (nSPS) is 13.6. The van der Waals surface area contributed by atoms with Crippen LogP contribution in [0.5, 0.6) is 0 Å². The summed E-state index contributed by atoms with van der Waals surface area (Å²) in [6.45, 7) is 2.80. The van der Waals surface area contributed by atoms with Gasteiger partial charge in [0.2, 0.25) is 0 Å². The van der Waals surface area contributed by atoms with Crippen LogP contribution in [-0.4, -0.2) is 26.2 Å². The van der Waals surface area contributed by atoms with E-state index < -0.39 is 0 Å². The Bertz CT molecular complexity index is 966. The predicted molar refractivity (Wildman–Crippen MR) is 99.6 cm³/mol. The monoisotopic (exact) mass is 349 g/mol. The fourth-order valence-corrected chi connectivity index (χ4v) is 3.35. The average molecular weight is 349 g/mol. The number of nitrogens with zero attached hydrogens (tertiary/aromatic N) is 4. The van der Waals surface area contributed by atoms with Crippen LogP contribution in [0.2, 0.25) is 0 Å². The Hall–Kier alpha value is -3.22. The number of nitro benzene ring substituents is 1. The van der Waals surface area contributed by atoms with E-state index in [1.54, 1.807) is 24.5 Å². The van der Waals surface area contributed by atoms with Crippen LogP contribution in [0.15, 0.2) is 42.7 Å². The van der Waals surface area contributed by atoms with Crippen LogP contribution in [0.25, 0.3) is 16.9 Å². The largest absolute Gasteiger partial charge is 0.370 e. The lowest BCUT2D eigenvalue weighted by atomic mass is 10.1. The van der Waals surface area contributed by atoms with Gasteiger partial charge >= 0.3 is 0 Å². The molecule has 1 aliphatic heterocycles. The Labute approximate surface area is 150 Å². The lowest BCUT2D eigenvalue weighted by Crippen LogP contribution is -2.08. The second-order valence-electron chi connectivity index (χ2n) is 6.44. The summed E-state index contributed by atoms with van der Waals surface area (Å²) in [6, 6.07) is 8.76. The highest BCUT2D eigenvalue weighted by atomic mass is 16.6. The molecule has 132 valence electrons. The zero-order valence-electron chi connectivity index (χ0n) is 14.5. The van der Waals surface area contributed by atoms with Gasteiger partial charge in [0, 0.05) is 42.2 Å². The molecule has 3 heterocycles. The van der Waals surface area contributed by atoms with Crippen LogP contribution in [0.3, 0.4) is 0 Å². The molecule has 3 aromatic rings. The molecule has 7 heteroatoms. The van der Waals surface area contributed by atoms with Crippen molar-refractivity contribution in [2.75, 3.05) is 11.9 Å². The van der Waals surface area contributed by atoms with Gasteiger partial charge in [-0.15, -0.1) is 0 Å². The highest BCUT2D eigenvalue weighted by molar-refractivity contribution is 5.71. The Morgan fingerprint density at radius 3 is 2.92 bits per heavy atom. The van der Waals surface area contributed by atoms with E-state index in [0.29, 0.717) is 0 Å². The van der Waals surface area contributed by atoms with E-state index in [0.717, 1.165) is 59.7 Å². The minimum atomic E-state index is -0.374. The summed E-state index contributed by atoms with van der Waals surface area (Å²) < 4.78 is 1.81. The van der Waals surface area contributed by atoms with E-state index in [9.17, 15) is 10.1 Å². The maximum Gasteiger partial charge on any atom is 0.271 e. The standard InChI is InChI=1S/C19H19N5O2/c1-13-7-8-15(24(25)26)11-17(13)23-19-16(6-2-3-10-21-19)18(22-23)14-5-4-9-20-12-14/h4-5,7-9,11-12,21H,2-3,6,10H2,1H3. The number of rotatable bonds is 3. The van der Waals surface area contributed by atoms with Crippen molar-refractivity contribution in [3.63, 3.8) is 0 Å². The van der Waals surface area contributed by atoms with Gasteiger partial charge in [-0.2, -0.15) is 5.10 Å². The molecule has 0 aliphatic carbocycles. The molecule has 1 N–H and O–H groups in total. The van der Waals surface area contributed by atoms with Gasteiger partial charge in [0.1, 0.15) is 5.82 Å². The topological polar surface area (TPSA) is 85.9 Å². The average Bonchev–Trinajstić information content (AvgIpc) is 2.84. The van der Waals surface area contributed by atoms with Gasteiger partial charge < -0.3 is 5.32 Å². The van der Waals surface area contributed by atoms with Crippen molar-refractivity contribution in [3.8, 4) is 16.9 Å². The molecule has 0 atom stereocenters. The van der Waals surface area contributed by atoms with Crippen molar-refractivity contribution in [1.29, 1.82) is 0 Å². The van der Waals surface area contributed by atoms with Crippen molar-refractivity contribution < 1.29 is 4.92 Å². The van der Waals surface area contributed by atoms with Crippen molar-refractivity contribution in [2.45, 2.75) is 26.2 Å². The van der Waals surface area contributed by atoms with E-state index in [2.05, 4.69) is 10.3 Å². The summed E-state index contributed by atoms with van der Waals surface area (Å²) >= 11 is 0. The van der Waals surface area contributed by atoms with Gasteiger partial charge in [-0.25, -0.2) is 4.68 Å². The molecule has 0 amide bonds. The Morgan fingerprint density at radius 2 is 2.15 bits per heavy atom. The zero-order valence-corrected chi connectivity index (χ0v) is 14.5. The maximum absolute atomic E-state index is 11.2. The zero-order chi connectivity index (χ0) is 18.1. The fraction of sp³-hybridized carbons (Fsp3) is 0.263. The molecule has 0 saturated carbocycles. The third-order valence-electron chi connectivity index (χ3n) is 4.70. The second-order valence-corrected chi connectivity index (χ2v) is 6.44. The molecule has 0 unspecified atom stereocenters. The number of aryl methyl sites for hydroxylation is 1. The van der Waals surface area contributed by atoms with E-state index in [4.69, 9.17) is 5.10 Å². The van der Waals surface area contributed by atoms with Gasteiger partial charge in [0.25, 0.3) is 5.69 Å². The first kappa shape index (κ1) is 16.3. The van der Waals surface area contributed by atoms with Crippen LogP contribution < -0.4 is 5.32 Å². The molecule has 26 heavy (non-hydrogen) atoms. The lowest BCUT2D eigenvalue weighted by Gasteiger charge is -2.11. The number of aromatic nitrogens is 3. The fourth-order valence-electron chi connectivity index (χ4n) is 3.35. The second kappa shape index (κ2) is 6.59. The molecule has 1 aliphatic rings. The third-order valence-corrected chi connectivity index (χ3v) is 4.70. The number of hydrogen-bond acceptors (Lipinski definition) is 5. The molecule has 0 spiro atoms. The van der Waals surface area contributed by atoms with Gasteiger partial charge in [-0.05, 0) is 43.9 Å². The predicted octanol–water partition coefficient (Wildman–Crippen LogP) is 3.90. The van der Waals surface area contributed by atoms with Crippen LogP contribution in [0, 0.1) is 17.0 Å². The first-order chi connectivity index (χ1) is 12.6. The first-order valence-corrected chi connectivity index (χ1v) is 8.67. The van der Waals surface area contributed by atoms with E-state index in [1.807, 2.05) is 23.7 Å². The Morgan fingerprint density at radius 1 is 1.27 bits per heavy atom. The van der Waals surface area contributed by atoms with Gasteiger partial charge in [0.15, 0.2) is 0 Å².